The number of aliphatic hydroxyl groups is 3. The van der Waals surface area contributed by atoms with Gasteiger partial charge in [-0.2, -0.15) is 0 Å². The number of hydrogen-bond donors (Lipinski definition) is 12. The molecule has 24 nitrogen and oxygen atoms in total. The van der Waals surface area contributed by atoms with Gasteiger partial charge in [-0.05, 0) is 46.9 Å². The molecule has 4 heterocycles. The van der Waals surface area contributed by atoms with E-state index >= 15 is 4.55 Å². The summed E-state index contributed by atoms with van der Waals surface area (Å²) in [5.74, 6) is -10.7. The summed E-state index contributed by atoms with van der Waals surface area (Å²) in [7, 11) is 0. The molecule has 87 heavy (non-hydrogen) atoms. The molecule has 464 valence electrons. The monoisotopic (exact) mass is 1230 g/mol. The third-order valence-corrected chi connectivity index (χ3v) is 19.0. The standard InChI is InChI=1S/C61H74N10O14S2/c1-4-34(2)52-57(81)64-29-50(76)65-46-33-87(84)59-42(41-22-21-40(26-43(41)68-59)85-23-14-24-86-61(36-15-8-5-9-16-36,37-17-10-6-11-18-37)38-19-12-7-13-20-38)27-44(54(78)63-30-51(77)69-52)66-58(82)53(35(3)48(74)32-72)70-56(80)47-25-39(73)31-71(47)60(83)45(28-49(62)75)67-55(46)79/h5-13,15-22,26,34-35,39,44-48,52-53,68,72-74H,4,14,23-25,27-33H2,1-3H3,(H2,62,75)(H,63,78)(H,64,81)(H,65,76)(H,66,82)(H,67,79)(H,69,77)(H,70,80)/t34-,35-,39+,44?,45-,46?,47-,48-,52-,53-,87?/m0/s1. The maximum Gasteiger partial charge on any atom is 0.248 e. The van der Waals surface area contributed by atoms with Crippen LogP contribution in [-0.4, -0.2) is 176 Å². The highest BCUT2D eigenvalue weighted by Crippen LogP contribution is 2.48. The molecule has 4 aromatic carbocycles. The Morgan fingerprint density at radius 2 is 1.38 bits per heavy atom. The van der Waals surface area contributed by atoms with Gasteiger partial charge in [-0.3, -0.25) is 43.2 Å². The van der Waals surface area contributed by atoms with Gasteiger partial charge in [-0.1, -0.05) is 118 Å². The minimum atomic E-state index is -2.41. The Bertz CT molecular complexity index is 3190. The second kappa shape index (κ2) is 29.6. The summed E-state index contributed by atoms with van der Waals surface area (Å²) in [6.07, 6.45) is -3.87. The SMILES string of the molecule is CC[C@H](C)[C@@H]1NC(=O)CNC(=O)C2Cc3c([nH]c4cc(OCCCSC(c5ccccc5)(c5ccccc5)c5ccccc5)ccc34)[S+]([O-])CC(NC(=O)CNC1=O)C(=O)N[C@@H](CC(N)=O)C(=O)N1C[C@H](O)C[C@H]1C(=O)N[C@@H]([C@@H](C)[C@@H](O)CO)C(=O)N2. The van der Waals surface area contributed by atoms with Gasteiger partial charge in [-0.15, -0.1) is 11.8 Å². The number of benzene rings is 4. The van der Waals surface area contributed by atoms with Gasteiger partial charge in [0, 0.05) is 53.5 Å². The smallest absolute Gasteiger partial charge is 0.248 e. The van der Waals surface area contributed by atoms with Gasteiger partial charge in [0.2, 0.25) is 58.2 Å². The van der Waals surface area contributed by atoms with Crippen molar-refractivity contribution in [2.24, 2.45) is 17.6 Å². The average molecular weight is 1240 g/mol. The molecular formula is C61H74N10O14S2. The summed E-state index contributed by atoms with van der Waals surface area (Å²) in [6.45, 7) is 2.05. The number of nitrogens with two attached hydrogens (primary N) is 1. The van der Waals surface area contributed by atoms with Crippen molar-refractivity contribution in [1.82, 2.24) is 47.1 Å². The number of aromatic amines is 1. The number of thioether (sulfide) groups is 1. The second-order valence-electron chi connectivity index (χ2n) is 22.0. The van der Waals surface area contributed by atoms with Crippen LogP contribution in [0.25, 0.3) is 10.9 Å². The quantitative estimate of drug-likeness (QED) is 0.0348. The predicted molar refractivity (Wildman–Crippen MR) is 322 cm³/mol. The molecule has 1 saturated heterocycles. The van der Waals surface area contributed by atoms with Crippen molar-refractivity contribution in [2.75, 3.05) is 44.4 Å². The molecule has 2 bridgehead atoms. The minimum Gasteiger partial charge on any atom is -0.610 e. The highest BCUT2D eigenvalue weighted by atomic mass is 32.2. The number of H-pyrrole nitrogens is 1. The van der Waals surface area contributed by atoms with Gasteiger partial charge in [0.15, 0.2) is 6.04 Å². The van der Waals surface area contributed by atoms with Crippen LogP contribution in [0.1, 0.15) is 68.7 Å². The molecule has 1 fully saturated rings. The fraction of sp³-hybridized carbons (Fsp3) is 0.426. The molecule has 0 aliphatic carbocycles. The van der Waals surface area contributed by atoms with Crippen molar-refractivity contribution in [3.05, 3.63) is 131 Å². The Hall–Kier alpha value is -8.01. The Morgan fingerprint density at radius 1 is 0.770 bits per heavy atom. The van der Waals surface area contributed by atoms with Gasteiger partial charge < -0.3 is 77.4 Å². The van der Waals surface area contributed by atoms with Crippen molar-refractivity contribution in [2.45, 2.75) is 111 Å². The lowest BCUT2D eigenvalue weighted by atomic mass is 9.84. The summed E-state index contributed by atoms with van der Waals surface area (Å²) in [6, 6.07) is 25.6. The molecule has 8 rings (SSSR count). The van der Waals surface area contributed by atoms with Crippen molar-refractivity contribution in [3.63, 3.8) is 0 Å². The van der Waals surface area contributed by atoms with Gasteiger partial charge in [-0.25, -0.2) is 0 Å². The molecule has 13 N–H and O–H groups in total. The van der Waals surface area contributed by atoms with Gasteiger partial charge in [0.1, 0.15) is 41.7 Å². The van der Waals surface area contributed by atoms with Crippen molar-refractivity contribution >= 4 is 87.0 Å². The number of rotatable bonds is 16. The maximum atomic E-state index is 15.2. The number of carbonyl (C=O) groups is 9. The van der Waals surface area contributed by atoms with Gasteiger partial charge in [0.05, 0.1) is 55.2 Å². The number of hydrogen-bond acceptors (Lipinski definition) is 15. The van der Waals surface area contributed by atoms with E-state index < -0.39 is 181 Å². The molecule has 26 heteroatoms. The van der Waals surface area contributed by atoms with Crippen LogP contribution in [0, 0.1) is 11.8 Å². The number of aromatic nitrogens is 1. The lowest BCUT2D eigenvalue weighted by Gasteiger charge is -2.35. The normalized spacial score (nSPS) is 24.1. The first-order valence-corrected chi connectivity index (χ1v) is 31.1. The van der Waals surface area contributed by atoms with Crippen molar-refractivity contribution < 1.29 is 67.8 Å². The van der Waals surface area contributed by atoms with Crippen LogP contribution < -0.4 is 47.7 Å². The van der Waals surface area contributed by atoms with Crippen LogP contribution in [0.2, 0.25) is 0 Å². The lowest BCUT2D eigenvalue weighted by molar-refractivity contribution is -0.144. The Balaban J connectivity index is 1.19. The van der Waals surface area contributed by atoms with E-state index in [1.807, 2.05) is 54.6 Å². The van der Waals surface area contributed by atoms with Crippen LogP contribution in [0.3, 0.4) is 0 Å². The van der Waals surface area contributed by atoms with Crippen LogP contribution >= 0.6 is 11.8 Å². The molecule has 3 aliphatic rings. The fourth-order valence-electron chi connectivity index (χ4n) is 11.0. The summed E-state index contributed by atoms with van der Waals surface area (Å²) in [5, 5.41) is 49.8. The summed E-state index contributed by atoms with van der Waals surface area (Å²) in [4.78, 5) is 131. The molecule has 3 aliphatic heterocycles. The first kappa shape index (κ1) is 65.0. The molecule has 11 atom stereocenters. The highest BCUT2D eigenvalue weighted by molar-refractivity contribution is 8.00. The Kier molecular flexibility index (Phi) is 22.1. The number of nitrogens with one attached hydrogen (secondary N) is 8. The number of aliphatic hydroxyl groups excluding tert-OH is 3. The lowest BCUT2D eigenvalue weighted by Crippen LogP contribution is -2.62. The van der Waals surface area contributed by atoms with E-state index in [-0.39, 0.29) is 17.2 Å². The first-order chi connectivity index (χ1) is 41.7. The minimum absolute atomic E-state index is 0.117. The van der Waals surface area contributed by atoms with Crippen LogP contribution in [0.15, 0.2) is 114 Å². The molecule has 1 aromatic heterocycles. The second-order valence-corrected chi connectivity index (χ2v) is 24.7. The number of fused-ring (bicyclic) bond motifs is 5. The third kappa shape index (κ3) is 15.6. The third-order valence-electron chi connectivity index (χ3n) is 15.9. The summed E-state index contributed by atoms with van der Waals surface area (Å²) in [5.41, 5.74) is 9.33. The van der Waals surface area contributed by atoms with Crippen LogP contribution in [0.5, 0.6) is 5.75 Å². The number of carbonyl (C=O) groups excluding carboxylic acids is 9. The number of amides is 9. The van der Waals surface area contributed by atoms with Crippen molar-refractivity contribution in [3.8, 4) is 5.75 Å². The van der Waals surface area contributed by atoms with E-state index in [9.17, 15) is 58.5 Å². The van der Waals surface area contributed by atoms with E-state index in [2.05, 4.69) is 78.6 Å². The average Bonchev–Trinajstić information content (AvgIpc) is 2.24. The first-order valence-electron chi connectivity index (χ1n) is 28.8. The zero-order valence-electron chi connectivity index (χ0n) is 48.3. The van der Waals surface area contributed by atoms with E-state index in [0.717, 1.165) is 21.6 Å². The number of ether oxygens (including phenoxy) is 1. The zero-order chi connectivity index (χ0) is 62.5. The Labute approximate surface area is 509 Å². The molecule has 5 aromatic rings. The number of primary amides is 1. The highest BCUT2D eigenvalue weighted by Gasteiger charge is 2.46. The fourth-order valence-corrected chi connectivity index (χ4v) is 13.9. The van der Waals surface area contributed by atoms with Gasteiger partial charge in [0.25, 0.3) is 0 Å². The predicted octanol–water partition coefficient (Wildman–Crippen LogP) is -0.132. The van der Waals surface area contributed by atoms with E-state index in [0.29, 0.717) is 35.2 Å². The van der Waals surface area contributed by atoms with E-state index in [4.69, 9.17) is 10.5 Å². The largest absolute Gasteiger partial charge is 0.610 e. The molecular weight excluding hydrogens is 1160 g/mol. The maximum absolute atomic E-state index is 15.2. The molecule has 0 spiro atoms. The Morgan fingerprint density at radius 3 is 1.98 bits per heavy atom. The number of nitrogens with zero attached hydrogens (tertiary/aromatic N) is 1. The topological polar surface area (TPSA) is 376 Å². The van der Waals surface area contributed by atoms with Crippen molar-refractivity contribution in [1.29, 1.82) is 0 Å². The molecule has 0 radical (unpaired) electrons. The van der Waals surface area contributed by atoms with Gasteiger partial charge >= 0.3 is 0 Å². The van der Waals surface area contributed by atoms with Crippen LogP contribution in [-0.2, 0) is 65.5 Å². The molecule has 0 saturated carbocycles. The zero-order valence-corrected chi connectivity index (χ0v) is 50.0. The molecule has 9 amide bonds. The summed E-state index contributed by atoms with van der Waals surface area (Å²) < 4.78 is 21.0. The van der Waals surface area contributed by atoms with E-state index in [1.165, 1.54) is 6.92 Å². The molecule has 3 unspecified atom stereocenters. The summed E-state index contributed by atoms with van der Waals surface area (Å²) >= 11 is -0.646. The van der Waals surface area contributed by atoms with Crippen LogP contribution in [0.4, 0.5) is 0 Å². The van der Waals surface area contributed by atoms with E-state index in [1.54, 1.807) is 43.8 Å².